The number of rotatable bonds is 4. The molecule has 0 radical (unpaired) electrons. The van der Waals surface area contributed by atoms with E-state index in [1.165, 1.54) is 4.31 Å². The van der Waals surface area contributed by atoms with Gasteiger partial charge in [0.25, 0.3) is 0 Å². The van der Waals surface area contributed by atoms with Gasteiger partial charge in [0.2, 0.25) is 15.9 Å². The second-order valence-electron chi connectivity index (χ2n) is 7.78. The van der Waals surface area contributed by atoms with E-state index in [9.17, 15) is 13.2 Å². The summed E-state index contributed by atoms with van der Waals surface area (Å²) in [7, 11) is -1.97. The molecule has 0 unspecified atom stereocenters. The molecule has 1 amide bonds. The Hall–Kier alpha value is -1.35. The van der Waals surface area contributed by atoms with Crippen molar-refractivity contribution in [2.24, 2.45) is 17.8 Å². The Kier molecular flexibility index (Phi) is 6.54. The minimum Gasteiger partial charge on any atom is -0.497 e. The van der Waals surface area contributed by atoms with Gasteiger partial charge in [-0.2, -0.15) is 4.31 Å². The Morgan fingerprint density at radius 2 is 1.64 bits per heavy atom. The number of methoxy groups -OCH3 is 1. The number of carbonyl (C=O) groups excluding carboxylic acids is 1. The minimum atomic E-state index is -3.52. The number of fused-ring (bicyclic) bond motifs is 1. The third kappa shape index (κ3) is 4.01. The van der Waals surface area contributed by atoms with E-state index in [0.717, 1.165) is 26.2 Å². The number of halogens is 1. The zero-order chi connectivity index (χ0) is 19.0. The fraction of sp³-hybridized carbons (Fsp3) is 0.632. The molecule has 9 heteroatoms. The van der Waals surface area contributed by atoms with E-state index in [-0.39, 0.29) is 29.1 Å². The molecule has 7 nitrogen and oxygen atoms in total. The first-order valence-electron chi connectivity index (χ1n) is 9.63. The summed E-state index contributed by atoms with van der Waals surface area (Å²) in [6.07, 6.45) is 1.19. The van der Waals surface area contributed by atoms with Crippen molar-refractivity contribution < 1.29 is 17.9 Å². The molecule has 4 rings (SSSR count). The number of hydrogen-bond donors (Lipinski definition) is 1. The Balaban J connectivity index is 0.00000225. The van der Waals surface area contributed by atoms with E-state index in [4.69, 9.17) is 4.74 Å². The average molecular weight is 430 g/mol. The Labute approximate surface area is 172 Å². The number of benzene rings is 1. The van der Waals surface area contributed by atoms with Crippen LogP contribution in [0, 0.1) is 17.8 Å². The number of ether oxygens (including phenoxy) is 1. The van der Waals surface area contributed by atoms with Crippen LogP contribution in [0.3, 0.4) is 0 Å². The lowest BCUT2D eigenvalue weighted by Crippen LogP contribution is -2.44. The number of sulfonamides is 1. The highest BCUT2D eigenvalue weighted by molar-refractivity contribution is 7.89. The molecule has 1 aromatic carbocycles. The van der Waals surface area contributed by atoms with Crippen molar-refractivity contribution in [1.29, 1.82) is 0 Å². The fourth-order valence-electron chi connectivity index (χ4n) is 4.53. The van der Waals surface area contributed by atoms with Crippen LogP contribution in [0.5, 0.6) is 5.75 Å². The summed E-state index contributed by atoms with van der Waals surface area (Å²) in [6.45, 7) is 4.50. The van der Waals surface area contributed by atoms with Crippen LogP contribution in [0.1, 0.15) is 12.8 Å². The molecule has 3 aliphatic rings. The number of carbonyl (C=O) groups is 1. The van der Waals surface area contributed by atoms with Crippen molar-refractivity contribution in [3.05, 3.63) is 24.3 Å². The van der Waals surface area contributed by atoms with Crippen molar-refractivity contribution in [2.75, 3.05) is 46.4 Å². The standard InChI is InChI=1S/C19H27N3O4S.ClH/c1-26-17-2-4-18(5-3-17)27(24,25)22-8-6-14(7-9-22)19(23)21-12-15-10-20-11-16(15)13-21;/h2-5,14-16,20H,6-13H2,1H3;1H/t15-,16+;. The molecule has 3 heterocycles. The molecule has 1 aromatic rings. The lowest BCUT2D eigenvalue weighted by Gasteiger charge is -2.32. The molecule has 0 aromatic heterocycles. The monoisotopic (exact) mass is 429 g/mol. The summed E-state index contributed by atoms with van der Waals surface area (Å²) >= 11 is 0. The van der Waals surface area contributed by atoms with E-state index in [2.05, 4.69) is 5.32 Å². The van der Waals surface area contributed by atoms with Gasteiger partial charge in [0.1, 0.15) is 5.75 Å². The molecule has 28 heavy (non-hydrogen) atoms. The van der Waals surface area contributed by atoms with Crippen LogP contribution in [-0.4, -0.2) is 69.9 Å². The molecular weight excluding hydrogens is 402 g/mol. The van der Waals surface area contributed by atoms with E-state index >= 15 is 0 Å². The van der Waals surface area contributed by atoms with Crippen LogP contribution < -0.4 is 10.1 Å². The third-order valence-electron chi connectivity index (χ3n) is 6.20. The number of amides is 1. The third-order valence-corrected chi connectivity index (χ3v) is 8.11. The minimum absolute atomic E-state index is 0. The second-order valence-corrected chi connectivity index (χ2v) is 9.71. The molecule has 0 bridgehead atoms. The Morgan fingerprint density at radius 3 is 2.18 bits per heavy atom. The van der Waals surface area contributed by atoms with Crippen LogP contribution in [-0.2, 0) is 14.8 Å². The average Bonchev–Trinajstić information content (AvgIpc) is 3.30. The van der Waals surface area contributed by atoms with E-state index in [0.29, 0.717) is 43.5 Å². The van der Waals surface area contributed by atoms with Gasteiger partial charge >= 0.3 is 0 Å². The molecule has 0 aliphatic carbocycles. The smallest absolute Gasteiger partial charge is 0.243 e. The molecule has 0 spiro atoms. The predicted octanol–water partition coefficient (Wildman–Crippen LogP) is 1.20. The zero-order valence-corrected chi connectivity index (χ0v) is 17.7. The molecule has 1 N–H and O–H groups in total. The van der Waals surface area contributed by atoms with Gasteiger partial charge in [-0.05, 0) is 48.9 Å². The SMILES string of the molecule is COc1ccc(S(=O)(=O)N2CCC(C(=O)N3C[C@H]4CNC[C@H]4C3)CC2)cc1.Cl. The quantitative estimate of drug-likeness (QED) is 0.777. The molecular formula is C19H28ClN3O4S. The highest BCUT2D eigenvalue weighted by Gasteiger charge is 2.41. The van der Waals surface area contributed by atoms with Gasteiger partial charge in [-0.25, -0.2) is 8.42 Å². The summed E-state index contributed by atoms with van der Waals surface area (Å²) in [5, 5.41) is 3.39. The largest absolute Gasteiger partial charge is 0.497 e. The van der Waals surface area contributed by atoms with Gasteiger partial charge in [0.05, 0.1) is 12.0 Å². The van der Waals surface area contributed by atoms with Gasteiger partial charge in [0, 0.05) is 45.2 Å². The number of piperidine rings is 1. The molecule has 156 valence electrons. The second kappa shape index (κ2) is 8.57. The van der Waals surface area contributed by atoms with Crippen molar-refractivity contribution in [3.8, 4) is 5.75 Å². The van der Waals surface area contributed by atoms with Gasteiger partial charge in [-0.1, -0.05) is 0 Å². The maximum absolute atomic E-state index is 12.9. The van der Waals surface area contributed by atoms with Crippen molar-refractivity contribution in [2.45, 2.75) is 17.7 Å². The first kappa shape index (κ1) is 21.4. The predicted molar refractivity (Wildman–Crippen MR) is 108 cm³/mol. The zero-order valence-electron chi connectivity index (χ0n) is 16.0. The summed E-state index contributed by atoms with van der Waals surface area (Å²) < 4.78 is 32.3. The van der Waals surface area contributed by atoms with Crippen molar-refractivity contribution in [3.63, 3.8) is 0 Å². The van der Waals surface area contributed by atoms with Crippen LogP contribution >= 0.6 is 12.4 Å². The van der Waals surface area contributed by atoms with E-state index in [1.807, 2.05) is 4.90 Å². The maximum atomic E-state index is 12.9. The van der Waals surface area contributed by atoms with Gasteiger partial charge in [-0.3, -0.25) is 4.79 Å². The summed E-state index contributed by atoms with van der Waals surface area (Å²) in [5.74, 6) is 1.96. The molecule has 3 saturated heterocycles. The maximum Gasteiger partial charge on any atom is 0.243 e. The van der Waals surface area contributed by atoms with Crippen LogP contribution in [0.2, 0.25) is 0 Å². The highest BCUT2D eigenvalue weighted by atomic mass is 35.5. The number of hydrogen-bond acceptors (Lipinski definition) is 5. The van der Waals surface area contributed by atoms with Crippen LogP contribution in [0.15, 0.2) is 29.2 Å². The van der Waals surface area contributed by atoms with E-state index < -0.39 is 10.0 Å². The lowest BCUT2D eigenvalue weighted by atomic mass is 9.96. The molecule has 3 fully saturated rings. The van der Waals surface area contributed by atoms with Gasteiger partial charge in [-0.15, -0.1) is 12.4 Å². The summed E-state index contributed by atoms with van der Waals surface area (Å²) in [5.41, 5.74) is 0. The molecule has 2 atom stereocenters. The topological polar surface area (TPSA) is 79.0 Å². The number of nitrogens with zero attached hydrogens (tertiary/aromatic N) is 2. The van der Waals surface area contributed by atoms with Crippen LogP contribution in [0.25, 0.3) is 0 Å². The van der Waals surface area contributed by atoms with E-state index in [1.54, 1.807) is 31.4 Å². The first-order chi connectivity index (χ1) is 13.0. The lowest BCUT2D eigenvalue weighted by molar-refractivity contribution is -0.135. The highest BCUT2D eigenvalue weighted by Crippen LogP contribution is 2.31. The molecule has 3 aliphatic heterocycles. The first-order valence-corrected chi connectivity index (χ1v) is 11.1. The van der Waals surface area contributed by atoms with Gasteiger partial charge in [0.15, 0.2) is 0 Å². The Morgan fingerprint density at radius 1 is 1.07 bits per heavy atom. The summed E-state index contributed by atoms with van der Waals surface area (Å²) in [6, 6.07) is 6.45. The van der Waals surface area contributed by atoms with Gasteiger partial charge < -0.3 is 15.0 Å². The van der Waals surface area contributed by atoms with Crippen LogP contribution in [0.4, 0.5) is 0 Å². The number of likely N-dealkylation sites (tertiary alicyclic amines) is 1. The van der Waals surface area contributed by atoms with Crippen molar-refractivity contribution >= 4 is 28.3 Å². The molecule has 0 saturated carbocycles. The Bertz CT molecular complexity index is 782. The number of nitrogens with one attached hydrogen (secondary N) is 1. The summed E-state index contributed by atoms with van der Waals surface area (Å²) in [4.78, 5) is 15.1. The normalized spacial score (nSPS) is 26.0. The fourth-order valence-corrected chi connectivity index (χ4v) is 6.00. The van der Waals surface area contributed by atoms with Crippen molar-refractivity contribution in [1.82, 2.24) is 14.5 Å².